The Morgan fingerprint density at radius 2 is 1.88 bits per heavy atom. The molecule has 0 heterocycles. The molecule has 8 heteroatoms. The molecule has 2 N–H and O–H groups in total. The van der Waals surface area contributed by atoms with Crippen molar-refractivity contribution in [1.29, 1.82) is 0 Å². The minimum Gasteiger partial charge on any atom is -0.396 e. The predicted octanol–water partition coefficient (Wildman–Crippen LogP) is 0.729. The molecule has 1 aromatic carbocycles. The molecule has 0 bridgehead atoms. The number of hydrogen-bond acceptors (Lipinski definition) is 4. The lowest BCUT2D eigenvalue weighted by molar-refractivity contribution is -0.0260. The summed E-state index contributed by atoms with van der Waals surface area (Å²) in [5.74, 6) is -2.24. The second-order valence-corrected chi connectivity index (χ2v) is 4.81. The lowest BCUT2D eigenvalue weighted by atomic mass is 10.3. The maximum Gasteiger partial charge on any atom is 0.267 e. The highest BCUT2D eigenvalue weighted by Crippen LogP contribution is 2.23. The summed E-state index contributed by atoms with van der Waals surface area (Å²) < 4.78 is 49.8. The van der Waals surface area contributed by atoms with E-state index in [0.717, 1.165) is 14.2 Å². The van der Waals surface area contributed by atoms with Gasteiger partial charge in [0.1, 0.15) is 16.5 Å². The van der Waals surface area contributed by atoms with Crippen LogP contribution in [0, 0.1) is 11.6 Å². The Bertz CT molecular complexity index is 504. The van der Waals surface area contributed by atoms with Gasteiger partial charge in [-0.25, -0.2) is 17.2 Å². The van der Waals surface area contributed by atoms with Gasteiger partial charge in [-0.1, -0.05) is 4.47 Å². The molecule has 0 radical (unpaired) electrons. The third-order valence-electron chi connectivity index (χ3n) is 1.92. The van der Waals surface area contributed by atoms with Crippen molar-refractivity contribution >= 4 is 15.7 Å². The fraction of sp³-hybridized carbons (Fsp3) is 0.250. The van der Waals surface area contributed by atoms with Gasteiger partial charge in [0.05, 0.1) is 12.8 Å². The van der Waals surface area contributed by atoms with Gasteiger partial charge in [-0.15, -0.1) is 0 Å². The van der Waals surface area contributed by atoms with Crippen molar-refractivity contribution in [3.63, 3.8) is 0 Å². The van der Waals surface area contributed by atoms with E-state index >= 15 is 0 Å². The van der Waals surface area contributed by atoms with Crippen molar-refractivity contribution in [1.82, 2.24) is 4.47 Å². The Morgan fingerprint density at radius 1 is 1.31 bits per heavy atom. The molecule has 0 aromatic heterocycles. The monoisotopic (exact) mass is 252 g/mol. The standard InChI is InChI=1S/C8H10F2N2O3S/c1-12(15-2)16(13,14)8-4-7(11)5(9)3-6(8)10/h3-4H,11H2,1-2H3. The Morgan fingerprint density at radius 3 is 2.38 bits per heavy atom. The van der Waals surface area contributed by atoms with Gasteiger partial charge in [-0.05, 0) is 6.07 Å². The van der Waals surface area contributed by atoms with Gasteiger partial charge < -0.3 is 5.73 Å². The molecule has 0 aliphatic carbocycles. The maximum absolute atomic E-state index is 13.3. The average Bonchev–Trinajstić information content (AvgIpc) is 2.21. The van der Waals surface area contributed by atoms with E-state index < -0.39 is 32.2 Å². The van der Waals surface area contributed by atoms with Crippen molar-refractivity contribution in [2.75, 3.05) is 19.9 Å². The summed E-state index contributed by atoms with van der Waals surface area (Å²) in [7, 11) is -1.99. The lowest BCUT2D eigenvalue weighted by Crippen LogP contribution is -2.26. The molecular weight excluding hydrogens is 242 g/mol. The molecule has 0 saturated heterocycles. The zero-order chi connectivity index (χ0) is 12.5. The van der Waals surface area contributed by atoms with Gasteiger partial charge in [0.15, 0.2) is 0 Å². The highest BCUT2D eigenvalue weighted by atomic mass is 32.2. The number of sulfonamides is 1. The number of nitrogen functional groups attached to an aromatic ring is 1. The fourth-order valence-corrected chi connectivity index (χ4v) is 2.03. The van der Waals surface area contributed by atoms with Crippen molar-refractivity contribution in [2.45, 2.75) is 4.90 Å². The highest BCUT2D eigenvalue weighted by molar-refractivity contribution is 7.89. The minimum atomic E-state index is -4.17. The lowest BCUT2D eigenvalue weighted by Gasteiger charge is -2.14. The smallest absolute Gasteiger partial charge is 0.267 e. The predicted molar refractivity (Wildman–Crippen MR) is 52.7 cm³/mol. The Kier molecular flexibility index (Phi) is 3.46. The van der Waals surface area contributed by atoms with Gasteiger partial charge >= 0.3 is 0 Å². The first-order valence-electron chi connectivity index (χ1n) is 4.08. The first-order chi connectivity index (χ1) is 7.30. The SMILES string of the molecule is CON(C)S(=O)(=O)c1cc(N)c(F)cc1F. The van der Waals surface area contributed by atoms with E-state index in [4.69, 9.17) is 5.73 Å². The number of halogens is 2. The topological polar surface area (TPSA) is 72.6 Å². The molecule has 16 heavy (non-hydrogen) atoms. The summed E-state index contributed by atoms with van der Waals surface area (Å²) >= 11 is 0. The van der Waals surface area contributed by atoms with Crippen LogP contribution < -0.4 is 5.73 Å². The summed E-state index contributed by atoms with van der Waals surface area (Å²) in [6.45, 7) is 0. The molecule has 0 fully saturated rings. The van der Waals surface area contributed by atoms with E-state index in [2.05, 4.69) is 4.84 Å². The first-order valence-corrected chi connectivity index (χ1v) is 5.52. The summed E-state index contributed by atoms with van der Waals surface area (Å²) in [5, 5.41) is 0. The highest BCUT2D eigenvalue weighted by Gasteiger charge is 2.26. The van der Waals surface area contributed by atoms with E-state index in [9.17, 15) is 17.2 Å². The molecular formula is C8H10F2N2O3S. The molecule has 0 unspecified atom stereocenters. The molecule has 1 aromatic rings. The molecule has 1 rings (SSSR count). The molecule has 0 aliphatic rings. The molecule has 0 atom stereocenters. The molecule has 0 spiro atoms. The average molecular weight is 252 g/mol. The van der Waals surface area contributed by atoms with Crippen LogP contribution in [0.15, 0.2) is 17.0 Å². The zero-order valence-corrected chi connectivity index (χ0v) is 9.38. The number of hydrogen-bond donors (Lipinski definition) is 1. The largest absolute Gasteiger partial charge is 0.396 e. The van der Waals surface area contributed by atoms with Crippen LogP contribution in [0.2, 0.25) is 0 Å². The van der Waals surface area contributed by atoms with E-state index in [1.807, 2.05) is 0 Å². The van der Waals surface area contributed by atoms with E-state index in [-0.39, 0.29) is 0 Å². The Hall–Kier alpha value is -1.25. The minimum absolute atomic E-state index is 0.408. The van der Waals surface area contributed by atoms with Gasteiger partial charge in [0.2, 0.25) is 0 Å². The number of anilines is 1. The first kappa shape index (κ1) is 12.8. The molecule has 90 valence electrons. The molecule has 0 aliphatic heterocycles. The molecule has 5 nitrogen and oxygen atoms in total. The van der Waals surface area contributed by atoms with Crippen LogP contribution >= 0.6 is 0 Å². The van der Waals surface area contributed by atoms with E-state index in [1.165, 1.54) is 0 Å². The van der Waals surface area contributed by atoms with Crippen molar-refractivity contribution in [2.24, 2.45) is 0 Å². The van der Waals surface area contributed by atoms with Crippen molar-refractivity contribution < 1.29 is 22.0 Å². The van der Waals surface area contributed by atoms with Crippen LogP contribution in [0.25, 0.3) is 0 Å². The van der Waals surface area contributed by atoms with Gasteiger partial charge in [-0.3, -0.25) is 4.84 Å². The quantitative estimate of drug-likeness (QED) is 0.635. The van der Waals surface area contributed by atoms with E-state index in [1.54, 1.807) is 0 Å². The number of nitrogens with two attached hydrogens (primary N) is 1. The third-order valence-corrected chi connectivity index (χ3v) is 3.62. The Balaban J connectivity index is 3.40. The fourth-order valence-electron chi connectivity index (χ4n) is 0.979. The normalized spacial score (nSPS) is 12.1. The van der Waals surface area contributed by atoms with Crippen LogP contribution in [0.4, 0.5) is 14.5 Å². The van der Waals surface area contributed by atoms with Gasteiger partial charge in [0, 0.05) is 13.1 Å². The van der Waals surface area contributed by atoms with Crippen LogP contribution in [0.5, 0.6) is 0 Å². The Labute approximate surface area is 91.4 Å². The number of nitrogens with zero attached hydrogens (tertiary/aromatic N) is 1. The second-order valence-electron chi connectivity index (χ2n) is 2.90. The van der Waals surface area contributed by atoms with Gasteiger partial charge in [-0.2, -0.15) is 0 Å². The molecule has 0 amide bonds. The van der Waals surface area contributed by atoms with Crippen LogP contribution in [-0.2, 0) is 14.9 Å². The summed E-state index contributed by atoms with van der Waals surface area (Å²) in [6, 6.07) is 1.11. The van der Waals surface area contributed by atoms with Crippen molar-refractivity contribution in [3.05, 3.63) is 23.8 Å². The van der Waals surface area contributed by atoms with Crippen LogP contribution in [0.3, 0.4) is 0 Å². The second kappa shape index (κ2) is 4.32. The molecule has 0 saturated carbocycles. The zero-order valence-electron chi connectivity index (χ0n) is 8.57. The van der Waals surface area contributed by atoms with Crippen LogP contribution in [0.1, 0.15) is 0 Å². The maximum atomic E-state index is 13.3. The summed E-state index contributed by atoms with van der Waals surface area (Å²) in [4.78, 5) is 3.70. The number of hydroxylamine groups is 1. The van der Waals surface area contributed by atoms with E-state index in [0.29, 0.717) is 16.6 Å². The summed E-state index contributed by atoms with van der Waals surface area (Å²) in [6.07, 6.45) is 0. The summed E-state index contributed by atoms with van der Waals surface area (Å²) in [5.41, 5.74) is 4.71. The van der Waals surface area contributed by atoms with Crippen LogP contribution in [-0.4, -0.2) is 27.0 Å². The van der Waals surface area contributed by atoms with Crippen molar-refractivity contribution in [3.8, 4) is 0 Å². The third kappa shape index (κ3) is 2.13. The number of benzene rings is 1. The van der Waals surface area contributed by atoms with Gasteiger partial charge in [0.25, 0.3) is 10.0 Å². The number of rotatable bonds is 3.